The zero-order valence-corrected chi connectivity index (χ0v) is 12.0. The summed E-state index contributed by atoms with van der Waals surface area (Å²) in [6.07, 6.45) is 0. The van der Waals surface area contributed by atoms with Crippen molar-refractivity contribution in [1.82, 2.24) is 9.80 Å². The average Bonchev–Trinajstić information content (AvgIpc) is 2.31. The molecule has 0 spiro atoms. The molecule has 1 aromatic carbocycles. The molecule has 1 amide bonds. The summed E-state index contributed by atoms with van der Waals surface area (Å²) in [5.41, 5.74) is 2.12. The number of carbonyl (C=O) groups is 1. The lowest BCUT2D eigenvalue weighted by Crippen LogP contribution is -2.39. The molecule has 0 aliphatic heterocycles. The first-order valence-corrected chi connectivity index (χ1v) is 6.10. The van der Waals surface area contributed by atoms with Crippen molar-refractivity contribution in [3.8, 4) is 0 Å². The van der Waals surface area contributed by atoms with Gasteiger partial charge in [0.15, 0.2) is 5.11 Å². The van der Waals surface area contributed by atoms with Gasteiger partial charge in [0.25, 0.3) is 0 Å². The maximum absolute atomic E-state index is 11.6. The van der Waals surface area contributed by atoms with Crippen LogP contribution in [0.25, 0.3) is 0 Å². The van der Waals surface area contributed by atoms with Crippen molar-refractivity contribution in [2.75, 3.05) is 33.0 Å². The molecule has 0 saturated carbocycles. The van der Waals surface area contributed by atoms with Gasteiger partial charge in [-0.25, -0.2) is 0 Å². The number of hydrogen-bond acceptors (Lipinski definition) is 2. The number of nitrogens with zero attached hydrogens (tertiary/aromatic N) is 2. The fourth-order valence-electron chi connectivity index (χ4n) is 1.27. The highest BCUT2D eigenvalue weighted by molar-refractivity contribution is 7.80. The standard InChI is InChI=1S/C13H19N3OS/c1-10-5-7-11(8-6-10)14-13(18)16(4)9-12(17)15(2)3/h5-8H,9H2,1-4H3,(H,14,18). The molecule has 1 rings (SSSR count). The Bertz CT molecular complexity index is 428. The number of likely N-dealkylation sites (N-methyl/N-ethyl adjacent to an activating group) is 2. The van der Waals surface area contributed by atoms with E-state index in [2.05, 4.69) is 5.32 Å². The van der Waals surface area contributed by atoms with Crippen LogP contribution in [0.4, 0.5) is 5.69 Å². The molecule has 98 valence electrons. The predicted molar refractivity (Wildman–Crippen MR) is 78.7 cm³/mol. The van der Waals surface area contributed by atoms with Crippen LogP contribution < -0.4 is 5.32 Å². The Hall–Kier alpha value is -1.62. The zero-order valence-electron chi connectivity index (χ0n) is 11.2. The van der Waals surface area contributed by atoms with Gasteiger partial charge in [0, 0.05) is 26.8 Å². The lowest BCUT2D eigenvalue weighted by molar-refractivity contribution is -0.128. The van der Waals surface area contributed by atoms with Crippen LogP contribution >= 0.6 is 12.2 Å². The number of rotatable bonds is 3. The molecule has 0 unspecified atom stereocenters. The number of thiocarbonyl (C=S) groups is 1. The first-order chi connectivity index (χ1) is 8.40. The van der Waals surface area contributed by atoms with Gasteiger partial charge < -0.3 is 15.1 Å². The van der Waals surface area contributed by atoms with Crippen molar-refractivity contribution < 1.29 is 4.79 Å². The average molecular weight is 265 g/mol. The summed E-state index contributed by atoms with van der Waals surface area (Å²) in [5.74, 6) is 0.0190. The highest BCUT2D eigenvalue weighted by atomic mass is 32.1. The van der Waals surface area contributed by atoms with E-state index in [0.29, 0.717) is 5.11 Å². The Kier molecular flexibility index (Phi) is 5.09. The van der Waals surface area contributed by atoms with Gasteiger partial charge in [0.1, 0.15) is 0 Å². The maximum atomic E-state index is 11.6. The molecule has 0 aliphatic carbocycles. The van der Waals surface area contributed by atoms with Crippen LogP contribution in [0, 0.1) is 6.92 Å². The van der Waals surface area contributed by atoms with Crippen molar-refractivity contribution in [2.24, 2.45) is 0 Å². The SMILES string of the molecule is Cc1ccc(NC(=S)N(C)CC(=O)N(C)C)cc1. The fraction of sp³-hybridized carbons (Fsp3) is 0.385. The van der Waals surface area contributed by atoms with Crippen LogP contribution in [0.5, 0.6) is 0 Å². The van der Waals surface area contributed by atoms with Crippen LogP contribution in [0.15, 0.2) is 24.3 Å². The number of hydrogen-bond donors (Lipinski definition) is 1. The minimum absolute atomic E-state index is 0.0190. The molecular formula is C13H19N3OS. The molecule has 5 heteroatoms. The number of anilines is 1. The monoisotopic (exact) mass is 265 g/mol. The van der Waals surface area contributed by atoms with E-state index in [9.17, 15) is 4.79 Å². The summed E-state index contributed by atoms with van der Waals surface area (Å²) >= 11 is 5.24. The highest BCUT2D eigenvalue weighted by Gasteiger charge is 2.11. The third kappa shape index (κ3) is 4.33. The van der Waals surface area contributed by atoms with Crippen molar-refractivity contribution in [2.45, 2.75) is 6.92 Å². The van der Waals surface area contributed by atoms with Gasteiger partial charge >= 0.3 is 0 Å². The van der Waals surface area contributed by atoms with Crippen molar-refractivity contribution >= 4 is 28.9 Å². The molecule has 0 radical (unpaired) electrons. The molecular weight excluding hydrogens is 246 g/mol. The summed E-state index contributed by atoms with van der Waals surface area (Å²) in [6, 6.07) is 7.94. The van der Waals surface area contributed by atoms with Crippen LogP contribution in [-0.2, 0) is 4.79 Å². The van der Waals surface area contributed by atoms with Gasteiger partial charge in [-0.3, -0.25) is 4.79 Å². The van der Waals surface area contributed by atoms with Gasteiger partial charge in [0.2, 0.25) is 5.91 Å². The van der Waals surface area contributed by atoms with Crippen molar-refractivity contribution in [3.63, 3.8) is 0 Å². The number of amides is 1. The van der Waals surface area contributed by atoms with E-state index < -0.39 is 0 Å². The number of carbonyl (C=O) groups excluding carboxylic acids is 1. The molecule has 18 heavy (non-hydrogen) atoms. The van der Waals surface area contributed by atoms with E-state index in [1.54, 1.807) is 30.9 Å². The number of nitrogens with one attached hydrogen (secondary N) is 1. The Morgan fingerprint density at radius 2 is 1.78 bits per heavy atom. The van der Waals surface area contributed by atoms with Gasteiger partial charge in [-0.15, -0.1) is 0 Å². The third-order valence-electron chi connectivity index (χ3n) is 2.52. The van der Waals surface area contributed by atoms with Gasteiger partial charge in [-0.2, -0.15) is 0 Å². The molecule has 0 aliphatic rings. The molecule has 0 fully saturated rings. The third-order valence-corrected chi connectivity index (χ3v) is 2.93. The second kappa shape index (κ2) is 6.35. The number of aryl methyl sites for hydroxylation is 1. The van der Waals surface area contributed by atoms with Crippen LogP contribution in [0.1, 0.15) is 5.56 Å². The first kappa shape index (κ1) is 14.4. The topological polar surface area (TPSA) is 35.6 Å². The summed E-state index contributed by atoms with van der Waals surface area (Å²) in [4.78, 5) is 14.8. The quantitative estimate of drug-likeness (QED) is 0.844. The summed E-state index contributed by atoms with van der Waals surface area (Å²) in [6.45, 7) is 2.30. The van der Waals surface area contributed by atoms with E-state index in [-0.39, 0.29) is 12.5 Å². The summed E-state index contributed by atoms with van der Waals surface area (Å²) < 4.78 is 0. The molecule has 4 nitrogen and oxygen atoms in total. The van der Waals surface area contributed by atoms with Crippen molar-refractivity contribution in [1.29, 1.82) is 0 Å². The van der Waals surface area contributed by atoms with E-state index >= 15 is 0 Å². The van der Waals surface area contributed by atoms with E-state index in [1.807, 2.05) is 31.2 Å². The normalized spacial score (nSPS) is 9.78. The number of benzene rings is 1. The Labute approximate surface area is 114 Å². The Balaban J connectivity index is 2.54. The molecule has 0 aromatic heterocycles. The van der Waals surface area contributed by atoms with Gasteiger partial charge in [-0.1, -0.05) is 17.7 Å². The lowest BCUT2D eigenvalue weighted by atomic mass is 10.2. The second-order valence-electron chi connectivity index (χ2n) is 4.44. The lowest BCUT2D eigenvalue weighted by Gasteiger charge is -2.22. The van der Waals surface area contributed by atoms with Crippen LogP contribution in [-0.4, -0.2) is 48.5 Å². The Morgan fingerprint density at radius 1 is 1.22 bits per heavy atom. The molecule has 0 heterocycles. The minimum atomic E-state index is 0.0190. The highest BCUT2D eigenvalue weighted by Crippen LogP contribution is 2.09. The Morgan fingerprint density at radius 3 is 2.28 bits per heavy atom. The van der Waals surface area contributed by atoms with Crippen molar-refractivity contribution in [3.05, 3.63) is 29.8 Å². The minimum Gasteiger partial charge on any atom is -0.347 e. The van der Waals surface area contributed by atoms with Gasteiger partial charge in [0.05, 0.1) is 6.54 Å². The van der Waals surface area contributed by atoms with Crippen LogP contribution in [0.2, 0.25) is 0 Å². The maximum Gasteiger partial charge on any atom is 0.241 e. The van der Waals surface area contributed by atoms with Gasteiger partial charge in [-0.05, 0) is 31.3 Å². The predicted octanol–water partition coefficient (Wildman–Crippen LogP) is 1.71. The molecule has 1 aromatic rings. The molecule has 1 N–H and O–H groups in total. The second-order valence-corrected chi connectivity index (χ2v) is 4.83. The van der Waals surface area contributed by atoms with E-state index in [4.69, 9.17) is 12.2 Å². The fourth-order valence-corrected chi connectivity index (χ4v) is 1.45. The van der Waals surface area contributed by atoms with E-state index in [0.717, 1.165) is 5.69 Å². The van der Waals surface area contributed by atoms with Crippen LogP contribution in [0.3, 0.4) is 0 Å². The molecule has 0 atom stereocenters. The molecule has 0 bridgehead atoms. The summed E-state index contributed by atoms with van der Waals surface area (Å²) in [5, 5.41) is 3.64. The van der Waals surface area contributed by atoms with E-state index in [1.165, 1.54) is 5.56 Å². The smallest absolute Gasteiger partial charge is 0.241 e. The zero-order chi connectivity index (χ0) is 13.7. The first-order valence-electron chi connectivity index (χ1n) is 5.69. The summed E-state index contributed by atoms with van der Waals surface area (Å²) in [7, 11) is 5.25. The largest absolute Gasteiger partial charge is 0.347 e. The molecule has 0 saturated heterocycles.